The molecule has 7 N–H and O–H groups in total. The maximum atomic E-state index is 12.6. The van der Waals surface area contributed by atoms with Crippen LogP contribution in [-0.4, -0.2) is 63.8 Å². The minimum atomic E-state index is -1.21. The molecule has 0 aromatic heterocycles. The Bertz CT molecular complexity index is 1020. The lowest BCUT2D eigenvalue weighted by molar-refractivity contribution is -0.142. The van der Waals surface area contributed by atoms with E-state index in [0.717, 1.165) is 11.1 Å². The standard InChI is InChI=1S/C24H30N4O6S/c1-14(26-22(31)18(25)11-16-7-9-17(29)10-8-16)21(30)28-20(13-35)23(32)27-19(24(33)34)12-15-5-3-2-4-6-15/h2-10,14,18-20,29,35H,11-13,25H2,1H3,(H,26,31)(H,27,32)(H,28,30)(H,33,34). The second-order valence-electron chi connectivity index (χ2n) is 8.04. The first-order valence-electron chi connectivity index (χ1n) is 10.9. The van der Waals surface area contributed by atoms with E-state index in [1.54, 1.807) is 42.5 Å². The van der Waals surface area contributed by atoms with Crippen LogP contribution in [0.3, 0.4) is 0 Å². The van der Waals surface area contributed by atoms with Crippen LogP contribution in [0.25, 0.3) is 0 Å². The molecule has 35 heavy (non-hydrogen) atoms. The highest BCUT2D eigenvalue weighted by Crippen LogP contribution is 2.11. The van der Waals surface area contributed by atoms with Crippen molar-refractivity contribution in [2.75, 3.05) is 5.75 Å². The summed E-state index contributed by atoms with van der Waals surface area (Å²) in [6.07, 6.45) is 0.265. The molecule has 0 aliphatic heterocycles. The molecular formula is C24H30N4O6S. The average Bonchev–Trinajstić information content (AvgIpc) is 2.83. The number of carbonyl (C=O) groups is 4. The number of nitrogens with one attached hydrogen (secondary N) is 3. The van der Waals surface area contributed by atoms with E-state index in [1.807, 2.05) is 0 Å². The van der Waals surface area contributed by atoms with E-state index < -0.39 is 47.9 Å². The van der Waals surface area contributed by atoms with Gasteiger partial charge in [-0.2, -0.15) is 12.6 Å². The molecule has 2 aromatic rings. The predicted octanol–water partition coefficient (Wildman–Crippen LogP) is -0.00660. The molecule has 11 heteroatoms. The summed E-state index contributed by atoms with van der Waals surface area (Å²) in [7, 11) is 0. The number of aliphatic carboxylic acids is 1. The summed E-state index contributed by atoms with van der Waals surface area (Å²) in [6, 6.07) is 10.8. The van der Waals surface area contributed by atoms with Crippen molar-refractivity contribution in [1.82, 2.24) is 16.0 Å². The molecule has 0 aliphatic rings. The number of rotatable bonds is 12. The van der Waals surface area contributed by atoms with Crippen LogP contribution in [0, 0.1) is 0 Å². The van der Waals surface area contributed by atoms with Gasteiger partial charge in [-0.3, -0.25) is 14.4 Å². The fourth-order valence-corrected chi connectivity index (χ4v) is 3.43. The SMILES string of the molecule is CC(NC(=O)C(N)Cc1ccc(O)cc1)C(=O)NC(CS)C(=O)NC(Cc1ccccc1)C(=O)O. The van der Waals surface area contributed by atoms with Gasteiger partial charge in [-0.25, -0.2) is 4.79 Å². The van der Waals surface area contributed by atoms with Crippen LogP contribution in [0.5, 0.6) is 5.75 Å². The van der Waals surface area contributed by atoms with Gasteiger partial charge in [0.05, 0.1) is 6.04 Å². The van der Waals surface area contributed by atoms with Crippen molar-refractivity contribution in [3.05, 3.63) is 65.7 Å². The summed E-state index contributed by atoms with van der Waals surface area (Å²) in [6.45, 7) is 1.43. The first-order valence-corrected chi connectivity index (χ1v) is 11.6. The number of nitrogens with two attached hydrogens (primary N) is 1. The van der Waals surface area contributed by atoms with Crippen LogP contribution in [0.4, 0.5) is 0 Å². The topological polar surface area (TPSA) is 171 Å². The van der Waals surface area contributed by atoms with Crippen LogP contribution in [-0.2, 0) is 32.0 Å². The van der Waals surface area contributed by atoms with E-state index in [9.17, 15) is 29.4 Å². The highest BCUT2D eigenvalue weighted by atomic mass is 32.1. The molecule has 0 saturated carbocycles. The first-order chi connectivity index (χ1) is 16.6. The number of carboxylic acids is 1. The summed E-state index contributed by atoms with van der Waals surface area (Å²) >= 11 is 4.09. The van der Waals surface area contributed by atoms with Crippen LogP contribution in [0.2, 0.25) is 0 Å². The molecule has 188 valence electrons. The molecule has 0 spiro atoms. The zero-order valence-corrected chi connectivity index (χ0v) is 20.1. The molecule has 0 fully saturated rings. The van der Waals surface area contributed by atoms with Gasteiger partial charge < -0.3 is 31.9 Å². The number of aromatic hydroxyl groups is 1. The Kier molecular flexibility index (Phi) is 10.6. The average molecular weight is 503 g/mol. The zero-order chi connectivity index (χ0) is 26.0. The largest absolute Gasteiger partial charge is 0.508 e. The third kappa shape index (κ3) is 8.95. The lowest BCUT2D eigenvalue weighted by Gasteiger charge is -2.23. The molecule has 4 unspecified atom stereocenters. The van der Waals surface area contributed by atoms with Crippen LogP contribution < -0.4 is 21.7 Å². The highest BCUT2D eigenvalue weighted by Gasteiger charge is 2.28. The number of carboxylic acid groups (broad SMARTS) is 1. The Morgan fingerprint density at radius 2 is 1.40 bits per heavy atom. The predicted molar refractivity (Wildman–Crippen MR) is 133 cm³/mol. The van der Waals surface area contributed by atoms with Crippen LogP contribution in [0.15, 0.2) is 54.6 Å². The van der Waals surface area contributed by atoms with Gasteiger partial charge in [-0.1, -0.05) is 42.5 Å². The number of benzene rings is 2. The lowest BCUT2D eigenvalue weighted by Crippen LogP contribution is -2.57. The van der Waals surface area contributed by atoms with Gasteiger partial charge in [-0.05, 0) is 36.6 Å². The minimum Gasteiger partial charge on any atom is -0.508 e. The lowest BCUT2D eigenvalue weighted by atomic mass is 10.1. The highest BCUT2D eigenvalue weighted by molar-refractivity contribution is 7.80. The number of hydrogen-bond donors (Lipinski definition) is 7. The number of amides is 3. The molecule has 0 bridgehead atoms. The Labute approximate surface area is 208 Å². The molecule has 0 saturated heterocycles. The van der Waals surface area contributed by atoms with Gasteiger partial charge in [0.15, 0.2) is 0 Å². The third-order valence-corrected chi connectivity index (χ3v) is 5.56. The Balaban J connectivity index is 1.90. The fourth-order valence-electron chi connectivity index (χ4n) is 3.18. The van der Waals surface area contributed by atoms with Gasteiger partial charge in [0.1, 0.15) is 23.9 Å². The summed E-state index contributed by atoms with van der Waals surface area (Å²) in [5.74, 6) is -3.14. The van der Waals surface area contributed by atoms with E-state index in [2.05, 4.69) is 28.6 Å². The van der Waals surface area contributed by atoms with Crippen molar-refractivity contribution in [2.45, 2.75) is 43.9 Å². The Morgan fingerprint density at radius 1 is 0.829 bits per heavy atom. The van der Waals surface area contributed by atoms with Gasteiger partial charge in [-0.15, -0.1) is 0 Å². The van der Waals surface area contributed by atoms with Crippen LogP contribution >= 0.6 is 12.6 Å². The second-order valence-corrected chi connectivity index (χ2v) is 8.41. The number of phenols is 1. The number of carbonyl (C=O) groups excluding carboxylic acids is 3. The van der Waals surface area contributed by atoms with E-state index >= 15 is 0 Å². The second kappa shape index (κ2) is 13.4. The molecule has 4 atom stereocenters. The third-order valence-electron chi connectivity index (χ3n) is 5.19. The normalized spacial score (nSPS) is 14.1. The van der Waals surface area contributed by atoms with Gasteiger partial charge in [0.25, 0.3) is 0 Å². The molecular weight excluding hydrogens is 472 g/mol. The monoisotopic (exact) mass is 502 g/mol. The maximum Gasteiger partial charge on any atom is 0.326 e. The molecule has 2 rings (SSSR count). The quantitative estimate of drug-likeness (QED) is 0.200. The Morgan fingerprint density at radius 3 is 1.97 bits per heavy atom. The zero-order valence-electron chi connectivity index (χ0n) is 19.2. The molecule has 0 aliphatic carbocycles. The van der Waals surface area contributed by atoms with Crippen molar-refractivity contribution in [2.24, 2.45) is 5.73 Å². The summed E-state index contributed by atoms with van der Waals surface area (Å²) in [5, 5.41) is 26.2. The molecule has 0 radical (unpaired) electrons. The van der Waals surface area contributed by atoms with Crippen molar-refractivity contribution in [1.29, 1.82) is 0 Å². The molecule has 2 aromatic carbocycles. The molecule has 10 nitrogen and oxygen atoms in total. The van der Waals surface area contributed by atoms with Crippen molar-refractivity contribution < 1.29 is 29.4 Å². The van der Waals surface area contributed by atoms with E-state index in [4.69, 9.17) is 5.73 Å². The maximum absolute atomic E-state index is 12.6. The van der Waals surface area contributed by atoms with Crippen molar-refractivity contribution >= 4 is 36.3 Å². The van der Waals surface area contributed by atoms with Gasteiger partial charge in [0, 0.05) is 12.2 Å². The number of phenolic OH excluding ortho intramolecular Hbond substituents is 1. The van der Waals surface area contributed by atoms with Crippen molar-refractivity contribution in [3.63, 3.8) is 0 Å². The van der Waals surface area contributed by atoms with E-state index in [0.29, 0.717) is 0 Å². The van der Waals surface area contributed by atoms with Crippen LogP contribution in [0.1, 0.15) is 18.1 Å². The number of thiol groups is 1. The minimum absolute atomic E-state index is 0.0700. The fraction of sp³-hybridized carbons (Fsp3) is 0.333. The molecule has 3 amide bonds. The smallest absolute Gasteiger partial charge is 0.326 e. The van der Waals surface area contributed by atoms with Gasteiger partial charge >= 0.3 is 5.97 Å². The van der Waals surface area contributed by atoms with Gasteiger partial charge in [0.2, 0.25) is 17.7 Å². The first kappa shape index (κ1) is 27.7. The summed E-state index contributed by atoms with van der Waals surface area (Å²) in [4.78, 5) is 49.2. The van der Waals surface area contributed by atoms with E-state index in [1.165, 1.54) is 19.1 Å². The van der Waals surface area contributed by atoms with E-state index in [-0.39, 0.29) is 24.3 Å². The Hall–Kier alpha value is -3.57. The summed E-state index contributed by atoms with van der Waals surface area (Å²) < 4.78 is 0. The van der Waals surface area contributed by atoms with Crippen molar-refractivity contribution in [3.8, 4) is 5.75 Å². The summed E-state index contributed by atoms with van der Waals surface area (Å²) in [5.41, 5.74) is 7.38. The molecule has 0 heterocycles. The number of hydrogen-bond acceptors (Lipinski definition) is 7.